The predicted octanol–water partition coefficient (Wildman–Crippen LogP) is 3.42. The van der Waals surface area contributed by atoms with Gasteiger partial charge in [0.05, 0.1) is 10.9 Å². The van der Waals surface area contributed by atoms with Crippen LogP contribution >= 0.6 is 27.3 Å². The largest absolute Gasteiger partial charge is 0.352 e. The minimum Gasteiger partial charge on any atom is -0.352 e. The van der Waals surface area contributed by atoms with Crippen molar-refractivity contribution in [3.8, 4) is 0 Å². The molecule has 1 saturated heterocycles. The Hall–Kier alpha value is -1.99. The lowest BCUT2D eigenvalue weighted by Crippen LogP contribution is -2.49. The summed E-state index contributed by atoms with van der Waals surface area (Å²) in [5.41, 5.74) is 0.716. The van der Waals surface area contributed by atoms with E-state index in [-0.39, 0.29) is 5.91 Å². The Balaban J connectivity index is 1.50. The van der Waals surface area contributed by atoms with Crippen LogP contribution in [0, 0.1) is 0 Å². The number of amides is 1. The number of hydrogen-bond acceptors (Lipinski definition) is 5. The maximum Gasteiger partial charge on any atom is 0.255 e. The zero-order valence-corrected chi connectivity index (χ0v) is 15.3. The average molecular weight is 403 g/mol. The van der Waals surface area contributed by atoms with E-state index in [1.54, 1.807) is 17.7 Å². The highest BCUT2D eigenvalue weighted by Gasteiger charge is 2.24. The van der Waals surface area contributed by atoms with Crippen molar-refractivity contribution in [1.82, 2.24) is 14.9 Å². The number of fused-ring (bicyclic) bond motifs is 1. The molecule has 0 spiro atoms. The molecule has 1 aliphatic rings. The van der Waals surface area contributed by atoms with Gasteiger partial charge in [-0.2, -0.15) is 0 Å². The van der Waals surface area contributed by atoms with Gasteiger partial charge in [0.15, 0.2) is 0 Å². The third-order valence-corrected chi connectivity index (χ3v) is 5.72. The SMILES string of the molecule is O=C(c1ccccc1Br)N1CCN(c2ncnc3sccc23)CC1. The highest BCUT2D eigenvalue weighted by molar-refractivity contribution is 9.10. The topological polar surface area (TPSA) is 49.3 Å². The number of rotatable bonds is 2. The van der Waals surface area contributed by atoms with Crippen LogP contribution in [0.4, 0.5) is 5.82 Å². The first-order valence-electron chi connectivity index (χ1n) is 7.71. The Morgan fingerprint density at radius 1 is 1.08 bits per heavy atom. The quantitative estimate of drug-likeness (QED) is 0.658. The fourth-order valence-electron chi connectivity index (χ4n) is 2.96. The summed E-state index contributed by atoms with van der Waals surface area (Å²) in [5.74, 6) is 1.04. The Kier molecular flexibility index (Phi) is 4.20. The molecule has 1 amide bonds. The van der Waals surface area contributed by atoms with Gasteiger partial charge in [-0.05, 0) is 39.5 Å². The molecule has 0 N–H and O–H groups in total. The summed E-state index contributed by atoms with van der Waals surface area (Å²) in [6.45, 7) is 2.93. The average Bonchev–Trinajstić information content (AvgIpc) is 3.10. The van der Waals surface area contributed by atoms with Gasteiger partial charge in [-0.1, -0.05) is 12.1 Å². The van der Waals surface area contributed by atoms with Crippen LogP contribution in [0.25, 0.3) is 10.2 Å². The summed E-state index contributed by atoms with van der Waals surface area (Å²) in [6, 6.07) is 9.63. The van der Waals surface area contributed by atoms with E-state index in [1.807, 2.05) is 34.5 Å². The molecule has 1 aliphatic heterocycles. The molecule has 3 aromatic rings. The van der Waals surface area contributed by atoms with Crippen LogP contribution in [0.2, 0.25) is 0 Å². The van der Waals surface area contributed by atoms with Crippen molar-refractivity contribution in [2.45, 2.75) is 0 Å². The van der Waals surface area contributed by atoms with Crippen LogP contribution < -0.4 is 4.90 Å². The van der Waals surface area contributed by atoms with Crippen LogP contribution in [0.1, 0.15) is 10.4 Å². The first-order chi connectivity index (χ1) is 11.7. The molecule has 1 aromatic carbocycles. The van der Waals surface area contributed by atoms with Gasteiger partial charge in [0.2, 0.25) is 0 Å². The van der Waals surface area contributed by atoms with Gasteiger partial charge < -0.3 is 9.80 Å². The molecule has 2 aromatic heterocycles. The molecule has 0 radical (unpaired) electrons. The third-order valence-electron chi connectivity index (χ3n) is 4.21. The van der Waals surface area contributed by atoms with E-state index in [0.29, 0.717) is 18.7 Å². The molecule has 0 bridgehead atoms. The number of aromatic nitrogens is 2. The lowest BCUT2D eigenvalue weighted by Gasteiger charge is -2.35. The molecular weight excluding hydrogens is 388 g/mol. The van der Waals surface area contributed by atoms with Crippen LogP contribution in [0.15, 0.2) is 46.5 Å². The summed E-state index contributed by atoms with van der Waals surface area (Å²) in [4.78, 5) is 26.6. The highest BCUT2D eigenvalue weighted by atomic mass is 79.9. The van der Waals surface area contributed by atoms with Gasteiger partial charge >= 0.3 is 0 Å². The molecular formula is C17H15BrN4OS. The number of carbonyl (C=O) groups excluding carboxylic acids is 1. The Morgan fingerprint density at radius 2 is 1.88 bits per heavy atom. The van der Waals surface area contributed by atoms with Crippen LogP contribution in [-0.4, -0.2) is 47.0 Å². The molecule has 5 nitrogen and oxygen atoms in total. The van der Waals surface area contributed by atoms with Crippen molar-refractivity contribution >= 4 is 49.2 Å². The standard InChI is InChI=1S/C17H15BrN4OS/c18-14-4-2-1-3-12(14)17(23)22-8-6-21(7-9-22)15-13-5-10-24-16(13)20-11-19-15/h1-5,10-11H,6-9H2. The van der Waals surface area contributed by atoms with E-state index >= 15 is 0 Å². The number of halogens is 1. The second kappa shape index (κ2) is 6.49. The normalized spacial score (nSPS) is 15.0. The fraction of sp³-hybridized carbons (Fsp3) is 0.235. The zero-order valence-electron chi connectivity index (χ0n) is 12.9. The molecule has 0 saturated carbocycles. The summed E-state index contributed by atoms with van der Waals surface area (Å²) in [7, 11) is 0. The smallest absolute Gasteiger partial charge is 0.255 e. The Bertz CT molecular complexity index is 889. The van der Waals surface area contributed by atoms with E-state index in [9.17, 15) is 4.79 Å². The lowest BCUT2D eigenvalue weighted by molar-refractivity contribution is 0.0745. The Morgan fingerprint density at radius 3 is 2.67 bits per heavy atom. The van der Waals surface area contributed by atoms with E-state index in [0.717, 1.165) is 33.6 Å². The number of piperazine rings is 1. The van der Waals surface area contributed by atoms with Gasteiger partial charge in [0, 0.05) is 30.7 Å². The molecule has 0 unspecified atom stereocenters. The number of thiophene rings is 1. The van der Waals surface area contributed by atoms with Crippen molar-refractivity contribution in [2.24, 2.45) is 0 Å². The maximum atomic E-state index is 12.7. The van der Waals surface area contributed by atoms with Gasteiger partial charge in [-0.25, -0.2) is 9.97 Å². The second-order valence-electron chi connectivity index (χ2n) is 5.60. The van der Waals surface area contributed by atoms with Crippen LogP contribution in [-0.2, 0) is 0 Å². The van der Waals surface area contributed by atoms with E-state index in [1.165, 1.54) is 0 Å². The summed E-state index contributed by atoms with van der Waals surface area (Å²) in [6.07, 6.45) is 1.62. The number of carbonyl (C=O) groups is 1. The molecule has 0 aliphatic carbocycles. The first kappa shape index (κ1) is 15.5. The highest BCUT2D eigenvalue weighted by Crippen LogP contribution is 2.27. The molecule has 4 rings (SSSR count). The van der Waals surface area contributed by atoms with Crippen molar-refractivity contribution < 1.29 is 4.79 Å². The molecule has 1 fully saturated rings. The zero-order chi connectivity index (χ0) is 16.5. The van der Waals surface area contributed by atoms with Crippen molar-refractivity contribution in [2.75, 3.05) is 31.1 Å². The molecule has 122 valence electrons. The number of hydrogen-bond donors (Lipinski definition) is 0. The monoisotopic (exact) mass is 402 g/mol. The minimum absolute atomic E-state index is 0.0745. The summed E-state index contributed by atoms with van der Waals surface area (Å²) >= 11 is 5.08. The minimum atomic E-state index is 0.0745. The Labute approximate surface area is 152 Å². The maximum absolute atomic E-state index is 12.7. The number of anilines is 1. The second-order valence-corrected chi connectivity index (χ2v) is 7.34. The molecule has 0 atom stereocenters. The van der Waals surface area contributed by atoms with E-state index in [2.05, 4.69) is 36.9 Å². The molecule has 3 heterocycles. The van der Waals surface area contributed by atoms with Crippen molar-refractivity contribution in [3.63, 3.8) is 0 Å². The van der Waals surface area contributed by atoms with E-state index in [4.69, 9.17) is 0 Å². The molecule has 24 heavy (non-hydrogen) atoms. The molecule has 7 heteroatoms. The predicted molar refractivity (Wildman–Crippen MR) is 99.7 cm³/mol. The fourth-order valence-corrected chi connectivity index (χ4v) is 4.14. The summed E-state index contributed by atoms with van der Waals surface area (Å²) < 4.78 is 0.841. The van der Waals surface area contributed by atoms with Crippen LogP contribution in [0.3, 0.4) is 0 Å². The van der Waals surface area contributed by atoms with E-state index < -0.39 is 0 Å². The van der Waals surface area contributed by atoms with Gasteiger partial charge in [-0.3, -0.25) is 4.79 Å². The lowest BCUT2D eigenvalue weighted by atomic mass is 10.2. The van der Waals surface area contributed by atoms with Crippen molar-refractivity contribution in [3.05, 3.63) is 52.1 Å². The van der Waals surface area contributed by atoms with Gasteiger partial charge in [-0.15, -0.1) is 11.3 Å². The van der Waals surface area contributed by atoms with Crippen molar-refractivity contribution in [1.29, 1.82) is 0 Å². The van der Waals surface area contributed by atoms with Gasteiger partial charge in [0.25, 0.3) is 5.91 Å². The van der Waals surface area contributed by atoms with Gasteiger partial charge in [0.1, 0.15) is 17.0 Å². The number of nitrogens with zero attached hydrogens (tertiary/aromatic N) is 4. The van der Waals surface area contributed by atoms with Crippen LogP contribution in [0.5, 0.6) is 0 Å². The number of benzene rings is 1. The first-order valence-corrected chi connectivity index (χ1v) is 9.38. The third kappa shape index (κ3) is 2.78. The summed E-state index contributed by atoms with van der Waals surface area (Å²) in [5, 5.41) is 3.13.